The summed E-state index contributed by atoms with van der Waals surface area (Å²) >= 11 is 0. The molecular weight excluding hydrogens is 330 g/mol. The van der Waals surface area contributed by atoms with Gasteiger partial charge in [0.15, 0.2) is 0 Å². The molecule has 4 rings (SSSR count). The van der Waals surface area contributed by atoms with Gasteiger partial charge in [0.1, 0.15) is 0 Å². The topological polar surface area (TPSA) is 9.72 Å². The number of nitrogens with zero attached hydrogens (tertiary/aromatic N) is 3. The van der Waals surface area contributed by atoms with Gasteiger partial charge in [-0.05, 0) is 94.2 Å². The van der Waals surface area contributed by atoms with Crippen molar-refractivity contribution in [2.45, 2.75) is 78.7 Å². The van der Waals surface area contributed by atoms with Crippen molar-refractivity contribution in [3.05, 3.63) is 0 Å². The van der Waals surface area contributed by atoms with Gasteiger partial charge in [-0.25, -0.2) is 0 Å². The molecule has 2 aliphatic carbocycles. The van der Waals surface area contributed by atoms with E-state index in [4.69, 9.17) is 0 Å². The zero-order valence-electron chi connectivity index (χ0n) is 18.7. The van der Waals surface area contributed by atoms with Gasteiger partial charge in [-0.2, -0.15) is 0 Å². The summed E-state index contributed by atoms with van der Waals surface area (Å²) in [6, 6.07) is 0.757. The Morgan fingerprint density at radius 1 is 0.926 bits per heavy atom. The highest BCUT2D eigenvalue weighted by Gasteiger charge is 2.49. The van der Waals surface area contributed by atoms with Crippen LogP contribution in [0, 0.1) is 22.7 Å². The van der Waals surface area contributed by atoms with Crippen LogP contribution in [0.1, 0.15) is 72.6 Å². The first-order valence-electron chi connectivity index (χ1n) is 12.1. The van der Waals surface area contributed by atoms with Crippen LogP contribution < -0.4 is 0 Å². The molecule has 156 valence electrons. The van der Waals surface area contributed by atoms with Crippen molar-refractivity contribution in [2.75, 3.05) is 52.4 Å². The fourth-order valence-electron chi connectivity index (χ4n) is 6.79. The van der Waals surface area contributed by atoms with E-state index in [9.17, 15) is 0 Å². The molecule has 2 aliphatic heterocycles. The standard InChI is InChI=1S/C24H45N3/c1-5-25-12-13-27(21(4)17-25)18-22-15-23(16-22)8-10-26(11-9-23)19-24(6-7-24)14-20(2)3/h20-22H,5-19H2,1-4H3/t21-/m0/s1. The molecule has 4 fully saturated rings. The van der Waals surface area contributed by atoms with Crippen LogP contribution in [-0.4, -0.2) is 73.1 Å². The summed E-state index contributed by atoms with van der Waals surface area (Å²) in [5, 5.41) is 0. The highest BCUT2D eigenvalue weighted by molar-refractivity contribution is 5.01. The molecular formula is C24H45N3. The molecule has 4 aliphatic rings. The van der Waals surface area contributed by atoms with Crippen LogP contribution in [-0.2, 0) is 0 Å². The van der Waals surface area contributed by atoms with Gasteiger partial charge in [0.2, 0.25) is 0 Å². The molecule has 0 N–H and O–H groups in total. The van der Waals surface area contributed by atoms with Crippen molar-refractivity contribution in [3.63, 3.8) is 0 Å². The third kappa shape index (κ3) is 4.73. The zero-order valence-corrected chi connectivity index (χ0v) is 18.7. The van der Waals surface area contributed by atoms with Gasteiger partial charge >= 0.3 is 0 Å². The van der Waals surface area contributed by atoms with Crippen molar-refractivity contribution in [3.8, 4) is 0 Å². The summed E-state index contributed by atoms with van der Waals surface area (Å²) < 4.78 is 0. The fourth-order valence-corrected chi connectivity index (χ4v) is 6.79. The number of piperazine rings is 1. The summed E-state index contributed by atoms with van der Waals surface area (Å²) in [6.07, 6.45) is 10.5. The monoisotopic (exact) mass is 375 g/mol. The molecule has 0 amide bonds. The van der Waals surface area contributed by atoms with Gasteiger partial charge < -0.3 is 9.80 Å². The minimum atomic E-state index is 0.720. The maximum atomic E-state index is 2.83. The third-order valence-corrected chi connectivity index (χ3v) is 8.51. The van der Waals surface area contributed by atoms with Crippen LogP contribution >= 0.6 is 0 Å². The Kier molecular flexibility index (Phi) is 5.94. The molecule has 0 bridgehead atoms. The second kappa shape index (κ2) is 7.95. The predicted octanol–water partition coefficient (Wildman–Crippen LogP) is 4.33. The first kappa shape index (κ1) is 20.2. The van der Waals surface area contributed by atoms with Crippen molar-refractivity contribution in [1.29, 1.82) is 0 Å². The lowest BCUT2D eigenvalue weighted by Gasteiger charge is -2.54. The number of likely N-dealkylation sites (tertiary alicyclic amines) is 1. The lowest BCUT2D eigenvalue weighted by molar-refractivity contribution is -0.0410. The molecule has 1 atom stereocenters. The van der Waals surface area contributed by atoms with E-state index in [2.05, 4.69) is 42.4 Å². The van der Waals surface area contributed by atoms with Gasteiger partial charge in [-0.1, -0.05) is 20.8 Å². The molecule has 0 aromatic rings. The Bertz CT molecular complexity index is 482. The van der Waals surface area contributed by atoms with Crippen LogP contribution in [0.3, 0.4) is 0 Å². The zero-order chi connectivity index (χ0) is 19.1. The first-order valence-corrected chi connectivity index (χ1v) is 12.1. The highest BCUT2D eigenvalue weighted by Crippen LogP contribution is 2.55. The Balaban J connectivity index is 1.17. The molecule has 2 saturated carbocycles. The normalized spacial score (nSPS) is 32.1. The van der Waals surface area contributed by atoms with E-state index >= 15 is 0 Å². The van der Waals surface area contributed by atoms with Gasteiger partial charge in [0.05, 0.1) is 0 Å². The highest BCUT2D eigenvalue weighted by atomic mass is 15.3. The summed E-state index contributed by atoms with van der Waals surface area (Å²) in [4.78, 5) is 8.24. The number of likely N-dealkylation sites (N-methyl/N-ethyl adjacent to an activating group) is 1. The Hall–Kier alpha value is -0.120. The minimum absolute atomic E-state index is 0.720. The van der Waals surface area contributed by atoms with E-state index in [1.165, 1.54) is 97.3 Å². The van der Waals surface area contributed by atoms with Gasteiger partial charge in [0.25, 0.3) is 0 Å². The summed E-state index contributed by atoms with van der Waals surface area (Å²) in [6.45, 7) is 20.2. The van der Waals surface area contributed by atoms with E-state index in [0.717, 1.165) is 28.7 Å². The number of rotatable bonds is 7. The molecule has 3 heteroatoms. The van der Waals surface area contributed by atoms with Crippen molar-refractivity contribution < 1.29 is 0 Å². The van der Waals surface area contributed by atoms with Crippen molar-refractivity contribution >= 4 is 0 Å². The average Bonchev–Trinajstić information content (AvgIpc) is 3.35. The lowest BCUT2D eigenvalue weighted by atomic mass is 9.57. The van der Waals surface area contributed by atoms with E-state index < -0.39 is 0 Å². The van der Waals surface area contributed by atoms with Crippen LogP contribution in [0.2, 0.25) is 0 Å². The predicted molar refractivity (Wildman–Crippen MR) is 115 cm³/mol. The van der Waals surface area contributed by atoms with E-state index in [0.29, 0.717) is 0 Å². The number of hydrogen-bond donors (Lipinski definition) is 0. The molecule has 0 aromatic heterocycles. The van der Waals surface area contributed by atoms with E-state index in [-0.39, 0.29) is 0 Å². The molecule has 2 heterocycles. The van der Waals surface area contributed by atoms with Crippen molar-refractivity contribution in [1.82, 2.24) is 14.7 Å². The van der Waals surface area contributed by atoms with Gasteiger partial charge in [-0.15, -0.1) is 0 Å². The summed E-state index contributed by atoms with van der Waals surface area (Å²) in [5.74, 6) is 1.86. The molecule has 0 radical (unpaired) electrons. The van der Waals surface area contributed by atoms with E-state index in [1.54, 1.807) is 0 Å². The van der Waals surface area contributed by atoms with Crippen LogP contribution in [0.25, 0.3) is 0 Å². The summed E-state index contributed by atoms with van der Waals surface area (Å²) in [7, 11) is 0. The minimum Gasteiger partial charge on any atom is -0.303 e. The number of piperidine rings is 1. The van der Waals surface area contributed by atoms with Gasteiger partial charge in [-0.3, -0.25) is 4.90 Å². The molecule has 27 heavy (non-hydrogen) atoms. The SMILES string of the molecule is CCN1CCN(CC2CC3(CCN(CC4(CC(C)C)CC4)CC3)C2)[C@@H](C)C1. The maximum Gasteiger partial charge on any atom is 0.0195 e. The molecule has 3 nitrogen and oxygen atoms in total. The summed E-state index contributed by atoms with van der Waals surface area (Å²) in [5.41, 5.74) is 1.46. The second-order valence-electron chi connectivity index (χ2n) is 11.4. The van der Waals surface area contributed by atoms with Gasteiger partial charge in [0, 0.05) is 38.8 Å². The molecule has 2 saturated heterocycles. The molecule has 0 unspecified atom stereocenters. The Morgan fingerprint density at radius 2 is 1.63 bits per heavy atom. The second-order valence-corrected chi connectivity index (χ2v) is 11.4. The average molecular weight is 376 g/mol. The van der Waals surface area contributed by atoms with Crippen molar-refractivity contribution in [2.24, 2.45) is 22.7 Å². The fraction of sp³-hybridized carbons (Fsp3) is 1.00. The quantitative estimate of drug-likeness (QED) is 0.656. The van der Waals surface area contributed by atoms with Crippen LogP contribution in [0.5, 0.6) is 0 Å². The van der Waals surface area contributed by atoms with E-state index in [1.807, 2.05) is 0 Å². The largest absolute Gasteiger partial charge is 0.303 e. The van der Waals surface area contributed by atoms with Crippen LogP contribution in [0.4, 0.5) is 0 Å². The first-order chi connectivity index (χ1) is 12.9. The molecule has 0 aromatic carbocycles. The molecule has 1 spiro atoms. The maximum absolute atomic E-state index is 2.83. The number of hydrogen-bond acceptors (Lipinski definition) is 3. The third-order valence-electron chi connectivity index (χ3n) is 8.51. The smallest absolute Gasteiger partial charge is 0.0195 e. The lowest BCUT2D eigenvalue weighted by Crippen LogP contribution is -2.55. The Morgan fingerprint density at radius 3 is 2.19 bits per heavy atom. The van der Waals surface area contributed by atoms with Crippen LogP contribution in [0.15, 0.2) is 0 Å². The Labute approximate surface area is 168 Å².